The highest BCUT2D eigenvalue weighted by molar-refractivity contribution is 5.99. The largest absolute Gasteiger partial charge is 0.365 e. The molecule has 146 valence electrons. The fourth-order valence-electron chi connectivity index (χ4n) is 3.39. The Hall–Kier alpha value is -3.42. The van der Waals surface area contributed by atoms with Gasteiger partial charge in [0.1, 0.15) is 5.69 Å². The van der Waals surface area contributed by atoms with Crippen LogP contribution in [0.25, 0.3) is 11.3 Å². The van der Waals surface area contributed by atoms with Crippen LogP contribution in [-0.2, 0) is 9.59 Å². The number of carbonyl (C=O) groups is 3. The van der Waals surface area contributed by atoms with Crippen LogP contribution in [0.2, 0.25) is 0 Å². The van der Waals surface area contributed by atoms with Crippen molar-refractivity contribution in [2.24, 2.45) is 5.73 Å². The van der Waals surface area contributed by atoms with Gasteiger partial charge in [0.15, 0.2) is 0 Å². The third-order valence-electron chi connectivity index (χ3n) is 4.73. The van der Waals surface area contributed by atoms with Crippen LogP contribution in [0.3, 0.4) is 0 Å². The number of nitrogens with two attached hydrogens (primary N) is 1. The number of benzene rings is 1. The predicted molar refractivity (Wildman–Crippen MR) is 106 cm³/mol. The monoisotopic (exact) mass is 381 g/mol. The highest BCUT2D eigenvalue weighted by Gasteiger charge is 2.26. The summed E-state index contributed by atoms with van der Waals surface area (Å²) in [6.07, 6.45) is 4.65. The van der Waals surface area contributed by atoms with Crippen LogP contribution in [0.5, 0.6) is 0 Å². The first-order valence-electron chi connectivity index (χ1n) is 9.07. The van der Waals surface area contributed by atoms with Crippen molar-refractivity contribution in [1.82, 2.24) is 14.7 Å². The molecule has 1 atom stereocenters. The molecule has 1 saturated heterocycles. The van der Waals surface area contributed by atoms with Crippen molar-refractivity contribution in [2.45, 2.75) is 25.8 Å². The SMILES string of the molecule is C=CC(=O)N1CCC[C@@H](n2cc(C(N)=O)c(-c3ccc(NC(C)=O)cc3)n2)C1. The molecule has 0 spiro atoms. The van der Waals surface area contributed by atoms with Gasteiger partial charge in [-0.3, -0.25) is 19.1 Å². The van der Waals surface area contributed by atoms with E-state index in [4.69, 9.17) is 5.73 Å². The van der Waals surface area contributed by atoms with Crippen LogP contribution < -0.4 is 11.1 Å². The Labute approximate surface area is 163 Å². The zero-order chi connectivity index (χ0) is 20.3. The molecule has 8 heteroatoms. The van der Waals surface area contributed by atoms with Crippen molar-refractivity contribution in [3.8, 4) is 11.3 Å². The fourth-order valence-corrected chi connectivity index (χ4v) is 3.39. The van der Waals surface area contributed by atoms with Crippen molar-refractivity contribution >= 4 is 23.4 Å². The smallest absolute Gasteiger partial charge is 0.252 e. The lowest BCUT2D eigenvalue weighted by Gasteiger charge is -2.32. The highest BCUT2D eigenvalue weighted by atomic mass is 16.2. The Morgan fingerprint density at radius 2 is 2.00 bits per heavy atom. The zero-order valence-corrected chi connectivity index (χ0v) is 15.7. The van der Waals surface area contributed by atoms with Crippen LogP contribution in [0.1, 0.15) is 36.2 Å². The maximum atomic E-state index is 12.0. The average Bonchev–Trinajstić information content (AvgIpc) is 3.13. The summed E-state index contributed by atoms with van der Waals surface area (Å²) < 4.78 is 1.72. The lowest BCUT2D eigenvalue weighted by Crippen LogP contribution is -2.40. The van der Waals surface area contributed by atoms with E-state index in [1.54, 1.807) is 40.0 Å². The molecule has 3 N–H and O–H groups in total. The first kappa shape index (κ1) is 19.3. The molecule has 0 unspecified atom stereocenters. The van der Waals surface area contributed by atoms with Crippen molar-refractivity contribution in [1.29, 1.82) is 0 Å². The molecule has 0 saturated carbocycles. The number of piperidine rings is 1. The average molecular weight is 381 g/mol. The number of rotatable bonds is 5. The van der Waals surface area contributed by atoms with E-state index in [1.165, 1.54) is 13.0 Å². The summed E-state index contributed by atoms with van der Waals surface area (Å²) in [5, 5.41) is 7.30. The number of likely N-dealkylation sites (tertiary alicyclic amines) is 1. The molecule has 3 amide bonds. The van der Waals surface area contributed by atoms with E-state index in [1.807, 2.05) is 0 Å². The molecule has 1 aromatic carbocycles. The molecule has 0 bridgehead atoms. The van der Waals surface area contributed by atoms with Gasteiger partial charge in [-0.25, -0.2) is 0 Å². The maximum Gasteiger partial charge on any atom is 0.252 e. The number of hydrogen-bond acceptors (Lipinski definition) is 4. The summed E-state index contributed by atoms with van der Waals surface area (Å²) in [5.41, 5.74) is 7.73. The van der Waals surface area contributed by atoms with Gasteiger partial charge in [0.2, 0.25) is 11.8 Å². The van der Waals surface area contributed by atoms with Crippen LogP contribution in [-0.4, -0.2) is 45.5 Å². The summed E-state index contributed by atoms with van der Waals surface area (Å²) in [7, 11) is 0. The summed E-state index contributed by atoms with van der Waals surface area (Å²) >= 11 is 0. The summed E-state index contributed by atoms with van der Waals surface area (Å²) in [6, 6.07) is 7.00. The number of primary amides is 1. The summed E-state index contributed by atoms with van der Waals surface area (Å²) in [4.78, 5) is 36.8. The van der Waals surface area contributed by atoms with Crippen molar-refractivity contribution < 1.29 is 14.4 Å². The molecular weight excluding hydrogens is 358 g/mol. The van der Waals surface area contributed by atoms with Gasteiger partial charge >= 0.3 is 0 Å². The van der Waals surface area contributed by atoms with E-state index < -0.39 is 5.91 Å². The van der Waals surface area contributed by atoms with Crippen LogP contribution in [0.4, 0.5) is 5.69 Å². The van der Waals surface area contributed by atoms with Gasteiger partial charge in [0, 0.05) is 37.5 Å². The molecule has 1 aliphatic heterocycles. The Morgan fingerprint density at radius 3 is 2.61 bits per heavy atom. The predicted octanol–water partition coefficient (Wildman–Crippen LogP) is 1.96. The third-order valence-corrected chi connectivity index (χ3v) is 4.73. The van der Waals surface area contributed by atoms with Gasteiger partial charge in [-0.15, -0.1) is 0 Å². The number of aromatic nitrogens is 2. The molecule has 8 nitrogen and oxygen atoms in total. The number of hydrogen-bond donors (Lipinski definition) is 2. The van der Waals surface area contributed by atoms with E-state index in [0.29, 0.717) is 30.0 Å². The second-order valence-corrected chi connectivity index (χ2v) is 6.78. The molecule has 2 heterocycles. The maximum absolute atomic E-state index is 12.0. The van der Waals surface area contributed by atoms with E-state index in [9.17, 15) is 14.4 Å². The normalized spacial score (nSPS) is 16.5. The molecule has 28 heavy (non-hydrogen) atoms. The second-order valence-electron chi connectivity index (χ2n) is 6.78. The number of amides is 3. The fraction of sp³-hybridized carbons (Fsp3) is 0.300. The Balaban J connectivity index is 1.90. The lowest BCUT2D eigenvalue weighted by molar-refractivity contribution is -0.127. The molecule has 3 rings (SSSR count). The highest BCUT2D eigenvalue weighted by Crippen LogP contribution is 2.28. The van der Waals surface area contributed by atoms with Gasteiger partial charge in [-0.2, -0.15) is 5.10 Å². The zero-order valence-electron chi connectivity index (χ0n) is 15.7. The molecule has 0 radical (unpaired) electrons. The summed E-state index contributed by atoms with van der Waals surface area (Å²) in [6.45, 7) is 6.16. The Bertz CT molecular complexity index is 916. The van der Waals surface area contributed by atoms with Gasteiger partial charge in [-0.05, 0) is 31.1 Å². The van der Waals surface area contributed by atoms with E-state index >= 15 is 0 Å². The van der Waals surface area contributed by atoms with E-state index in [0.717, 1.165) is 18.4 Å². The van der Waals surface area contributed by atoms with Crippen molar-refractivity contribution in [3.63, 3.8) is 0 Å². The van der Waals surface area contributed by atoms with E-state index in [2.05, 4.69) is 17.0 Å². The number of nitrogens with zero attached hydrogens (tertiary/aromatic N) is 3. The number of nitrogens with one attached hydrogen (secondary N) is 1. The standard InChI is InChI=1S/C20H23N5O3/c1-3-18(27)24-10-4-5-16(11-24)25-12-17(20(21)28)19(23-25)14-6-8-15(9-7-14)22-13(2)26/h3,6-9,12,16H,1,4-5,10-11H2,2H3,(H2,21,28)(H,22,26)/t16-/m1/s1. The Kier molecular flexibility index (Phi) is 5.58. The first-order valence-corrected chi connectivity index (χ1v) is 9.07. The molecule has 1 fully saturated rings. The Morgan fingerprint density at radius 1 is 1.29 bits per heavy atom. The molecule has 1 aliphatic rings. The number of anilines is 1. The van der Waals surface area contributed by atoms with E-state index in [-0.39, 0.29) is 17.9 Å². The van der Waals surface area contributed by atoms with Crippen LogP contribution >= 0.6 is 0 Å². The minimum absolute atomic E-state index is 0.0387. The van der Waals surface area contributed by atoms with Gasteiger partial charge in [0.05, 0.1) is 11.6 Å². The summed E-state index contributed by atoms with van der Waals surface area (Å²) in [5.74, 6) is -0.839. The van der Waals surface area contributed by atoms with Gasteiger partial charge in [0.25, 0.3) is 5.91 Å². The minimum atomic E-state index is -0.568. The van der Waals surface area contributed by atoms with Crippen LogP contribution in [0, 0.1) is 0 Å². The quantitative estimate of drug-likeness (QED) is 0.771. The molecule has 0 aliphatic carbocycles. The lowest BCUT2D eigenvalue weighted by atomic mass is 10.1. The first-order chi connectivity index (χ1) is 13.4. The molecule has 2 aromatic rings. The van der Waals surface area contributed by atoms with Crippen molar-refractivity contribution in [2.75, 3.05) is 18.4 Å². The second kappa shape index (κ2) is 8.08. The minimum Gasteiger partial charge on any atom is -0.365 e. The topological polar surface area (TPSA) is 110 Å². The van der Waals surface area contributed by atoms with Gasteiger partial charge in [-0.1, -0.05) is 18.7 Å². The van der Waals surface area contributed by atoms with Crippen molar-refractivity contribution in [3.05, 3.63) is 48.7 Å². The third kappa shape index (κ3) is 4.11. The molecule has 1 aromatic heterocycles. The van der Waals surface area contributed by atoms with Crippen LogP contribution in [0.15, 0.2) is 43.1 Å². The molecular formula is C20H23N5O3. The van der Waals surface area contributed by atoms with Gasteiger partial charge < -0.3 is 16.0 Å². The number of carbonyl (C=O) groups excluding carboxylic acids is 3.